The monoisotopic (exact) mass is 281 g/mol. The molecule has 2 nitrogen and oxygen atoms in total. The highest BCUT2D eigenvalue weighted by Crippen LogP contribution is 2.29. The lowest BCUT2D eigenvalue weighted by Crippen LogP contribution is -2.31. The summed E-state index contributed by atoms with van der Waals surface area (Å²) in [5, 5.41) is 3.17. The van der Waals surface area contributed by atoms with Gasteiger partial charge in [-0.1, -0.05) is 69.3 Å². The zero-order chi connectivity index (χ0) is 15.3. The van der Waals surface area contributed by atoms with Crippen molar-refractivity contribution < 1.29 is 4.79 Å². The molecular weight excluding hydrogens is 258 g/mol. The van der Waals surface area contributed by atoms with Crippen molar-refractivity contribution in [1.82, 2.24) is 5.32 Å². The van der Waals surface area contributed by atoms with Gasteiger partial charge < -0.3 is 5.32 Å². The Labute approximate surface area is 127 Å². The number of carbonyl (C=O) groups is 1. The predicted molar refractivity (Wildman–Crippen MR) is 87.2 cm³/mol. The molecule has 0 radical (unpaired) electrons. The summed E-state index contributed by atoms with van der Waals surface area (Å²) in [6.07, 6.45) is 0.898. The van der Waals surface area contributed by atoms with Crippen LogP contribution in [0.25, 0.3) is 0 Å². The van der Waals surface area contributed by atoms with Crippen molar-refractivity contribution in [2.45, 2.75) is 33.2 Å². The standard InChI is InChI=1S/C19H23NO/c1-19(2,3)14-17(15-10-6-4-7-11-15)20-18(21)16-12-8-5-9-13-16/h4-13,17H,14H2,1-3H3,(H,20,21)/t17-/m1/s1. The molecule has 2 aromatic carbocycles. The summed E-state index contributed by atoms with van der Waals surface area (Å²) in [7, 11) is 0. The molecular formula is C19H23NO. The molecule has 0 aromatic heterocycles. The Morgan fingerprint density at radius 2 is 1.48 bits per heavy atom. The quantitative estimate of drug-likeness (QED) is 0.872. The summed E-state index contributed by atoms with van der Waals surface area (Å²) in [6.45, 7) is 6.58. The van der Waals surface area contributed by atoms with Crippen LogP contribution >= 0.6 is 0 Å². The Hall–Kier alpha value is -2.09. The smallest absolute Gasteiger partial charge is 0.251 e. The summed E-state index contributed by atoms with van der Waals surface area (Å²) in [4.78, 5) is 12.4. The Balaban J connectivity index is 2.19. The fourth-order valence-electron chi connectivity index (χ4n) is 2.38. The molecule has 0 saturated heterocycles. The highest BCUT2D eigenvalue weighted by Gasteiger charge is 2.22. The lowest BCUT2D eigenvalue weighted by atomic mass is 9.85. The first-order chi connectivity index (χ1) is 9.96. The van der Waals surface area contributed by atoms with Gasteiger partial charge in [0.15, 0.2) is 0 Å². The second-order valence-electron chi connectivity index (χ2n) is 6.57. The largest absolute Gasteiger partial charge is 0.345 e. The van der Waals surface area contributed by atoms with E-state index in [9.17, 15) is 4.79 Å². The average molecular weight is 281 g/mol. The molecule has 0 spiro atoms. The van der Waals surface area contributed by atoms with E-state index in [0.717, 1.165) is 12.0 Å². The van der Waals surface area contributed by atoms with Crippen LogP contribution in [0.15, 0.2) is 60.7 Å². The number of benzene rings is 2. The number of nitrogens with one attached hydrogen (secondary N) is 1. The van der Waals surface area contributed by atoms with E-state index >= 15 is 0 Å². The van der Waals surface area contributed by atoms with Gasteiger partial charge in [-0.3, -0.25) is 4.79 Å². The van der Waals surface area contributed by atoms with Gasteiger partial charge in [-0.05, 0) is 29.5 Å². The van der Waals surface area contributed by atoms with Crippen molar-refractivity contribution >= 4 is 5.91 Å². The first-order valence-corrected chi connectivity index (χ1v) is 7.36. The van der Waals surface area contributed by atoms with Crippen LogP contribution < -0.4 is 5.32 Å². The van der Waals surface area contributed by atoms with Crippen molar-refractivity contribution in [3.05, 3.63) is 71.8 Å². The highest BCUT2D eigenvalue weighted by atomic mass is 16.1. The van der Waals surface area contributed by atoms with E-state index in [1.54, 1.807) is 0 Å². The first-order valence-electron chi connectivity index (χ1n) is 7.36. The van der Waals surface area contributed by atoms with Gasteiger partial charge in [0.2, 0.25) is 0 Å². The lowest BCUT2D eigenvalue weighted by molar-refractivity contribution is 0.0926. The SMILES string of the molecule is CC(C)(C)C[C@@H](NC(=O)c1ccccc1)c1ccccc1. The van der Waals surface area contributed by atoms with E-state index < -0.39 is 0 Å². The Morgan fingerprint density at radius 3 is 2.00 bits per heavy atom. The molecule has 1 N–H and O–H groups in total. The molecule has 110 valence electrons. The molecule has 0 aliphatic heterocycles. The van der Waals surface area contributed by atoms with Crippen LogP contribution in [0.4, 0.5) is 0 Å². The van der Waals surface area contributed by atoms with Crippen molar-refractivity contribution in [3.8, 4) is 0 Å². The van der Waals surface area contributed by atoms with Crippen LogP contribution in [-0.2, 0) is 0 Å². The summed E-state index contributed by atoms with van der Waals surface area (Å²) in [6, 6.07) is 19.6. The molecule has 2 rings (SSSR count). The van der Waals surface area contributed by atoms with E-state index in [2.05, 4.69) is 38.2 Å². The van der Waals surface area contributed by atoms with Gasteiger partial charge in [0.05, 0.1) is 6.04 Å². The molecule has 2 aromatic rings. The fourth-order valence-corrected chi connectivity index (χ4v) is 2.38. The van der Waals surface area contributed by atoms with Crippen molar-refractivity contribution in [2.75, 3.05) is 0 Å². The maximum Gasteiger partial charge on any atom is 0.251 e. The third-order valence-corrected chi connectivity index (χ3v) is 3.36. The topological polar surface area (TPSA) is 29.1 Å². The number of carbonyl (C=O) groups excluding carboxylic acids is 1. The molecule has 0 saturated carbocycles. The second-order valence-corrected chi connectivity index (χ2v) is 6.57. The molecule has 0 bridgehead atoms. The normalized spacial score (nSPS) is 12.7. The van der Waals surface area contributed by atoms with Crippen molar-refractivity contribution in [2.24, 2.45) is 5.41 Å². The molecule has 21 heavy (non-hydrogen) atoms. The van der Waals surface area contributed by atoms with Crippen molar-refractivity contribution in [1.29, 1.82) is 0 Å². The van der Waals surface area contributed by atoms with Crippen LogP contribution in [-0.4, -0.2) is 5.91 Å². The number of rotatable bonds is 4. The van der Waals surface area contributed by atoms with E-state index in [0.29, 0.717) is 5.56 Å². The maximum absolute atomic E-state index is 12.4. The van der Waals surface area contributed by atoms with E-state index in [-0.39, 0.29) is 17.4 Å². The van der Waals surface area contributed by atoms with Crippen LogP contribution in [0.3, 0.4) is 0 Å². The lowest BCUT2D eigenvalue weighted by Gasteiger charge is -2.27. The summed E-state index contributed by atoms with van der Waals surface area (Å²) >= 11 is 0. The number of amides is 1. The van der Waals surface area contributed by atoms with Gasteiger partial charge in [0.25, 0.3) is 5.91 Å². The first kappa shape index (κ1) is 15.3. The Morgan fingerprint density at radius 1 is 0.952 bits per heavy atom. The summed E-state index contributed by atoms with van der Waals surface area (Å²) in [5.74, 6) is -0.0197. The minimum atomic E-state index is -0.0197. The van der Waals surface area contributed by atoms with Gasteiger partial charge in [0, 0.05) is 5.56 Å². The van der Waals surface area contributed by atoms with Crippen molar-refractivity contribution in [3.63, 3.8) is 0 Å². The molecule has 0 aliphatic carbocycles. The fraction of sp³-hybridized carbons (Fsp3) is 0.316. The third-order valence-electron chi connectivity index (χ3n) is 3.36. The Bertz CT molecular complexity index is 570. The van der Waals surface area contributed by atoms with Crippen LogP contribution in [0.1, 0.15) is 49.2 Å². The summed E-state index contributed by atoms with van der Waals surface area (Å²) < 4.78 is 0. The van der Waals surface area contributed by atoms with Gasteiger partial charge in [-0.25, -0.2) is 0 Å². The summed E-state index contributed by atoms with van der Waals surface area (Å²) in [5.41, 5.74) is 1.99. The molecule has 0 heterocycles. The number of hydrogen-bond acceptors (Lipinski definition) is 1. The zero-order valence-electron chi connectivity index (χ0n) is 13.0. The maximum atomic E-state index is 12.4. The molecule has 2 heteroatoms. The highest BCUT2D eigenvalue weighted by molar-refractivity contribution is 5.94. The average Bonchev–Trinajstić information content (AvgIpc) is 2.47. The molecule has 1 atom stereocenters. The molecule has 0 aliphatic rings. The van der Waals surface area contributed by atoms with Gasteiger partial charge in [-0.2, -0.15) is 0 Å². The predicted octanol–water partition coefficient (Wildman–Crippen LogP) is 4.59. The van der Waals surface area contributed by atoms with Gasteiger partial charge in [-0.15, -0.1) is 0 Å². The molecule has 0 fully saturated rings. The Kier molecular flexibility index (Phi) is 4.79. The zero-order valence-corrected chi connectivity index (χ0v) is 13.0. The van der Waals surface area contributed by atoms with Gasteiger partial charge >= 0.3 is 0 Å². The third kappa shape index (κ3) is 4.75. The number of hydrogen-bond donors (Lipinski definition) is 1. The second kappa shape index (κ2) is 6.57. The van der Waals surface area contributed by atoms with Crippen LogP contribution in [0, 0.1) is 5.41 Å². The minimum Gasteiger partial charge on any atom is -0.345 e. The van der Waals surface area contributed by atoms with E-state index in [1.807, 2.05) is 48.5 Å². The molecule has 0 unspecified atom stereocenters. The van der Waals surface area contributed by atoms with Crippen LogP contribution in [0.5, 0.6) is 0 Å². The minimum absolute atomic E-state index is 0.0197. The van der Waals surface area contributed by atoms with Gasteiger partial charge in [0.1, 0.15) is 0 Å². The van der Waals surface area contributed by atoms with Crippen LogP contribution in [0.2, 0.25) is 0 Å². The van der Waals surface area contributed by atoms with E-state index in [4.69, 9.17) is 0 Å². The molecule has 1 amide bonds. The van der Waals surface area contributed by atoms with E-state index in [1.165, 1.54) is 0 Å².